The molecule has 31 heavy (non-hydrogen) atoms. The number of imidazole rings is 1. The van der Waals surface area contributed by atoms with E-state index in [4.69, 9.17) is 0 Å². The molecule has 2 heterocycles. The van der Waals surface area contributed by atoms with Gasteiger partial charge in [0.25, 0.3) is 5.69 Å². The predicted molar refractivity (Wildman–Crippen MR) is 113 cm³/mol. The summed E-state index contributed by atoms with van der Waals surface area (Å²) in [6.45, 7) is 1.83. The fraction of sp³-hybridized carbons (Fsp3) is 0.143. The quantitative estimate of drug-likeness (QED) is 0.278. The van der Waals surface area contributed by atoms with Crippen molar-refractivity contribution >= 4 is 17.2 Å². The van der Waals surface area contributed by atoms with Crippen molar-refractivity contribution in [2.24, 2.45) is 7.05 Å². The molecule has 1 unspecified atom stereocenters. The van der Waals surface area contributed by atoms with E-state index in [1.807, 2.05) is 37.3 Å². The van der Waals surface area contributed by atoms with Crippen molar-refractivity contribution < 1.29 is 9.72 Å². The molecule has 1 atom stereocenters. The minimum atomic E-state index is -0.523. The van der Waals surface area contributed by atoms with Crippen LogP contribution in [0.5, 0.6) is 0 Å². The fourth-order valence-electron chi connectivity index (χ4n) is 3.15. The van der Waals surface area contributed by atoms with Crippen LogP contribution in [0.15, 0.2) is 67.1 Å². The lowest BCUT2D eigenvalue weighted by Crippen LogP contribution is -2.11. The molecule has 0 fully saturated rings. The number of para-hydroxylation sites is 1. The van der Waals surface area contributed by atoms with Gasteiger partial charge in [0, 0.05) is 31.1 Å². The van der Waals surface area contributed by atoms with E-state index in [9.17, 15) is 14.9 Å². The molecule has 0 amide bonds. The van der Waals surface area contributed by atoms with E-state index in [1.54, 1.807) is 34.8 Å². The average molecular weight is 417 g/mol. The number of nitrogens with zero attached hydrogens (tertiary/aromatic N) is 6. The van der Waals surface area contributed by atoms with Crippen LogP contribution in [0.25, 0.3) is 5.69 Å². The summed E-state index contributed by atoms with van der Waals surface area (Å²) in [6, 6.07) is 13.5. The van der Waals surface area contributed by atoms with Crippen molar-refractivity contribution in [1.82, 2.24) is 24.5 Å². The normalized spacial score (nSPS) is 11.8. The lowest BCUT2D eigenvalue weighted by atomic mass is 10.1. The summed E-state index contributed by atoms with van der Waals surface area (Å²) in [7, 11) is 1.69. The number of rotatable bonds is 7. The highest BCUT2D eigenvalue weighted by Crippen LogP contribution is 2.29. The third-order valence-corrected chi connectivity index (χ3v) is 4.83. The number of nitrogens with one attached hydrogen (secondary N) is 1. The maximum atomic E-state index is 12.6. The van der Waals surface area contributed by atoms with Crippen LogP contribution in [-0.2, 0) is 7.05 Å². The molecule has 0 aliphatic carbocycles. The molecule has 2 aromatic carbocycles. The van der Waals surface area contributed by atoms with Gasteiger partial charge in [0.15, 0.2) is 5.82 Å². The zero-order valence-corrected chi connectivity index (χ0v) is 16.8. The Morgan fingerprint density at radius 3 is 2.65 bits per heavy atom. The molecule has 0 bridgehead atoms. The first-order chi connectivity index (χ1) is 14.9. The monoisotopic (exact) mass is 417 g/mol. The van der Waals surface area contributed by atoms with Gasteiger partial charge in [0.2, 0.25) is 5.78 Å². The molecule has 156 valence electrons. The zero-order valence-electron chi connectivity index (χ0n) is 16.8. The fourth-order valence-corrected chi connectivity index (χ4v) is 3.15. The van der Waals surface area contributed by atoms with Crippen LogP contribution >= 0.6 is 0 Å². The maximum Gasteiger partial charge on any atom is 0.293 e. The molecular formula is C21H19N7O3. The van der Waals surface area contributed by atoms with Crippen LogP contribution in [-0.4, -0.2) is 35.3 Å². The lowest BCUT2D eigenvalue weighted by molar-refractivity contribution is -0.384. The highest BCUT2D eigenvalue weighted by molar-refractivity contribution is 6.07. The van der Waals surface area contributed by atoms with Gasteiger partial charge in [-0.05, 0) is 31.2 Å². The molecule has 4 aromatic rings. The van der Waals surface area contributed by atoms with Gasteiger partial charge in [-0.2, -0.15) is 0 Å². The Balaban J connectivity index is 1.58. The SMILES string of the molecule is CC(Nc1ccc(C(=O)c2nccn2C)cc1[N+](=O)[O-])c1cn(-c2ccccc2)nn1. The topological polar surface area (TPSA) is 121 Å². The zero-order chi connectivity index (χ0) is 22.0. The highest BCUT2D eigenvalue weighted by atomic mass is 16.6. The number of carbonyl (C=O) groups is 1. The molecule has 0 spiro atoms. The number of nitro benzene ring substituents is 1. The summed E-state index contributed by atoms with van der Waals surface area (Å²) in [6.07, 6.45) is 4.90. The van der Waals surface area contributed by atoms with E-state index in [2.05, 4.69) is 20.6 Å². The smallest absolute Gasteiger partial charge is 0.293 e. The summed E-state index contributed by atoms with van der Waals surface area (Å²) < 4.78 is 3.20. The number of hydrogen-bond donors (Lipinski definition) is 1. The van der Waals surface area contributed by atoms with Gasteiger partial charge >= 0.3 is 0 Å². The Bertz CT molecular complexity index is 1250. The number of carbonyl (C=O) groups excluding carboxylic acids is 1. The Labute approximate surface area is 177 Å². The number of ketones is 1. The van der Waals surface area contributed by atoms with Gasteiger partial charge < -0.3 is 9.88 Å². The minimum absolute atomic E-state index is 0.189. The third kappa shape index (κ3) is 4.04. The standard InChI is InChI=1S/C21H19N7O3/c1-14(18-13-27(25-24-18)16-6-4-3-5-7-16)23-17-9-8-15(12-19(17)28(30)31)20(29)21-22-10-11-26(21)2/h3-14,23H,1-2H3. The van der Waals surface area contributed by atoms with Crippen LogP contribution in [0.2, 0.25) is 0 Å². The Hall–Kier alpha value is -4.34. The van der Waals surface area contributed by atoms with Crippen molar-refractivity contribution in [3.05, 3.63) is 94.3 Å². The number of aryl methyl sites for hydroxylation is 1. The summed E-state index contributed by atoms with van der Waals surface area (Å²) in [4.78, 5) is 27.8. The molecule has 0 radical (unpaired) electrons. The van der Waals surface area contributed by atoms with Gasteiger partial charge in [-0.25, -0.2) is 9.67 Å². The van der Waals surface area contributed by atoms with Gasteiger partial charge in [0.05, 0.1) is 22.8 Å². The van der Waals surface area contributed by atoms with Gasteiger partial charge in [-0.3, -0.25) is 14.9 Å². The van der Waals surface area contributed by atoms with Gasteiger partial charge in [0.1, 0.15) is 11.4 Å². The number of nitro groups is 1. The summed E-state index contributed by atoms with van der Waals surface area (Å²) in [5.41, 5.74) is 1.74. The van der Waals surface area contributed by atoms with Crippen LogP contribution in [0.3, 0.4) is 0 Å². The van der Waals surface area contributed by atoms with E-state index in [0.717, 1.165) is 5.69 Å². The minimum Gasteiger partial charge on any atom is -0.371 e. The largest absolute Gasteiger partial charge is 0.371 e. The summed E-state index contributed by atoms with van der Waals surface area (Å²) in [5.74, 6) is -0.179. The summed E-state index contributed by atoms with van der Waals surface area (Å²) in [5, 5.41) is 23.0. The van der Waals surface area contributed by atoms with E-state index in [-0.39, 0.29) is 34.6 Å². The molecule has 1 N–H and O–H groups in total. The van der Waals surface area contributed by atoms with Crippen molar-refractivity contribution in [3.63, 3.8) is 0 Å². The molecule has 10 heteroatoms. The van der Waals surface area contributed by atoms with Crippen molar-refractivity contribution in [1.29, 1.82) is 0 Å². The molecule has 2 aromatic heterocycles. The first kappa shape index (κ1) is 20.0. The van der Waals surface area contributed by atoms with Crippen molar-refractivity contribution in [3.8, 4) is 5.69 Å². The van der Waals surface area contributed by atoms with Crippen LogP contribution in [0.1, 0.15) is 34.8 Å². The van der Waals surface area contributed by atoms with Crippen LogP contribution in [0.4, 0.5) is 11.4 Å². The molecular weight excluding hydrogens is 398 g/mol. The van der Waals surface area contributed by atoms with Crippen molar-refractivity contribution in [2.75, 3.05) is 5.32 Å². The molecule has 4 rings (SSSR count). The van der Waals surface area contributed by atoms with E-state index in [0.29, 0.717) is 5.69 Å². The molecule has 0 saturated heterocycles. The highest BCUT2D eigenvalue weighted by Gasteiger charge is 2.22. The first-order valence-corrected chi connectivity index (χ1v) is 9.48. The predicted octanol–water partition coefficient (Wildman–Crippen LogP) is 3.31. The molecule has 10 nitrogen and oxygen atoms in total. The van der Waals surface area contributed by atoms with E-state index in [1.165, 1.54) is 18.3 Å². The average Bonchev–Trinajstić information content (AvgIpc) is 3.43. The number of benzene rings is 2. The van der Waals surface area contributed by atoms with Crippen LogP contribution < -0.4 is 5.32 Å². The number of aromatic nitrogens is 5. The van der Waals surface area contributed by atoms with E-state index >= 15 is 0 Å². The second-order valence-corrected chi connectivity index (χ2v) is 6.97. The molecule has 0 aliphatic rings. The molecule has 0 aliphatic heterocycles. The van der Waals surface area contributed by atoms with Crippen molar-refractivity contribution in [2.45, 2.75) is 13.0 Å². The lowest BCUT2D eigenvalue weighted by Gasteiger charge is -2.13. The molecule has 0 saturated carbocycles. The van der Waals surface area contributed by atoms with Crippen LogP contribution in [0, 0.1) is 10.1 Å². The second kappa shape index (κ2) is 8.19. The third-order valence-electron chi connectivity index (χ3n) is 4.83. The van der Waals surface area contributed by atoms with Gasteiger partial charge in [-0.1, -0.05) is 23.4 Å². The maximum absolute atomic E-state index is 12.6. The second-order valence-electron chi connectivity index (χ2n) is 6.97. The van der Waals surface area contributed by atoms with E-state index < -0.39 is 4.92 Å². The Morgan fingerprint density at radius 2 is 1.97 bits per heavy atom. The Kier molecular flexibility index (Phi) is 5.27. The summed E-state index contributed by atoms with van der Waals surface area (Å²) >= 11 is 0. The Morgan fingerprint density at radius 1 is 1.19 bits per heavy atom. The number of anilines is 1. The van der Waals surface area contributed by atoms with Gasteiger partial charge in [-0.15, -0.1) is 5.10 Å². The first-order valence-electron chi connectivity index (χ1n) is 9.48. The number of hydrogen-bond acceptors (Lipinski definition) is 7.